The lowest BCUT2D eigenvalue weighted by molar-refractivity contribution is -0.384. The molecular weight excluding hydrogens is 478 g/mol. The Morgan fingerprint density at radius 3 is 2.72 bits per heavy atom. The highest BCUT2D eigenvalue weighted by atomic mass is 35.5. The normalized spacial score (nSPS) is 19.3. The van der Waals surface area contributed by atoms with Gasteiger partial charge >= 0.3 is 0 Å². The summed E-state index contributed by atoms with van der Waals surface area (Å²) in [6.45, 7) is 3.60. The van der Waals surface area contributed by atoms with Crippen LogP contribution in [0.15, 0.2) is 66.9 Å². The Morgan fingerprint density at radius 2 is 1.97 bits per heavy atom. The first-order valence-electron chi connectivity index (χ1n) is 12.2. The number of anilines is 1. The summed E-state index contributed by atoms with van der Waals surface area (Å²) in [5, 5.41) is 15.2. The topological polar surface area (TPSA) is 91.6 Å². The number of nitrogens with one attached hydrogen (secondary N) is 1. The molecule has 9 heteroatoms. The number of nitro groups is 1. The number of benzene rings is 2. The summed E-state index contributed by atoms with van der Waals surface area (Å²) in [7, 11) is 0. The molecule has 1 saturated heterocycles. The number of hydrogen-bond donors (Lipinski definition) is 1. The minimum Gasteiger partial charge on any atom is -0.365 e. The van der Waals surface area contributed by atoms with Gasteiger partial charge in [0.15, 0.2) is 0 Å². The van der Waals surface area contributed by atoms with E-state index >= 15 is 0 Å². The van der Waals surface area contributed by atoms with E-state index in [1.54, 1.807) is 18.3 Å². The highest BCUT2D eigenvalue weighted by Gasteiger charge is 2.41. The van der Waals surface area contributed by atoms with E-state index in [2.05, 4.69) is 20.1 Å². The first-order valence-corrected chi connectivity index (χ1v) is 12.5. The molecule has 3 heterocycles. The largest absolute Gasteiger partial charge is 0.365 e. The summed E-state index contributed by atoms with van der Waals surface area (Å²) in [6, 6.07) is 18.6. The van der Waals surface area contributed by atoms with Crippen molar-refractivity contribution in [2.24, 2.45) is 5.92 Å². The molecule has 0 radical (unpaired) electrons. The number of carbonyl (C=O) groups is 1. The molecule has 1 amide bonds. The van der Waals surface area contributed by atoms with E-state index in [1.165, 1.54) is 5.56 Å². The molecule has 0 unspecified atom stereocenters. The fourth-order valence-corrected chi connectivity index (χ4v) is 5.39. The number of halogens is 1. The van der Waals surface area contributed by atoms with Crippen molar-refractivity contribution in [3.63, 3.8) is 0 Å². The molecule has 186 valence electrons. The Hall–Kier alpha value is -3.49. The summed E-state index contributed by atoms with van der Waals surface area (Å²) in [5.41, 5.74) is 4.01. The van der Waals surface area contributed by atoms with Crippen molar-refractivity contribution in [2.75, 3.05) is 31.1 Å². The van der Waals surface area contributed by atoms with Gasteiger partial charge in [-0.05, 0) is 47.9 Å². The maximum absolute atomic E-state index is 13.4. The zero-order valence-corrected chi connectivity index (χ0v) is 20.6. The molecule has 2 aliphatic heterocycles. The molecule has 0 bridgehead atoms. The van der Waals surface area contributed by atoms with Gasteiger partial charge in [0.2, 0.25) is 5.91 Å². The molecule has 1 fully saturated rings. The number of fused-ring (bicyclic) bond motifs is 3. The summed E-state index contributed by atoms with van der Waals surface area (Å²) >= 11 is 6.05. The number of aromatic nitrogens is 1. The van der Waals surface area contributed by atoms with Gasteiger partial charge in [0, 0.05) is 73.9 Å². The number of non-ortho nitro benzene ring substituents is 1. The van der Waals surface area contributed by atoms with Crippen LogP contribution in [0.3, 0.4) is 0 Å². The molecule has 8 nitrogen and oxygen atoms in total. The van der Waals surface area contributed by atoms with Crippen molar-refractivity contribution >= 4 is 28.9 Å². The molecule has 3 aromatic rings. The van der Waals surface area contributed by atoms with Gasteiger partial charge in [0.1, 0.15) is 0 Å². The lowest BCUT2D eigenvalue weighted by atomic mass is 9.83. The smallest absolute Gasteiger partial charge is 0.269 e. The number of nitro benzene ring substituents is 1. The minimum absolute atomic E-state index is 0.0187. The molecule has 1 N–H and O–H groups in total. The van der Waals surface area contributed by atoms with Gasteiger partial charge in [-0.15, -0.1) is 0 Å². The van der Waals surface area contributed by atoms with E-state index in [-0.39, 0.29) is 28.5 Å². The molecule has 0 aliphatic carbocycles. The molecular formula is C27H28ClN5O3. The monoisotopic (exact) mass is 505 g/mol. The fourth-order valence-electron chi connectivity index (χ4n) is 5.26. The van der Waals surface area contributed by atoms with Crippen LogP contribution in [0, 0.1) is 16.0 Å². The van der Waals surface area contributed by atoms with E-state index in [0.29, 0.717) is 24.4 Å². The molecule has 0 saturated carbocycles. The Kier molecular flexibility index (Phi) is 7.16. The zero-order chi connectivity index (χ0) is 25.1. The predicted molar refractivity (Wildman–Crippen MR) is 139 cm³/mol. The first-order chi connectivity index (χ1) is 17.5. The number of carbonyl (C=O) groups excluding carboxylic acids is 1. The Balaban J connectivity index is 1.35. The van der Waals surface area contributed by atoms with Gasteiger partial charge in [-0.25, -0.2) is 0 Å². The molecule has 0 spiro atoms. The van der Waals surface area contributed by atoms with Crippen molar-refractivity contribution < 1.29 is 9.72 Å². The van der Waals surface area contributed by atoms with Crippen LogP contribution < -0.4 is 10.2 Å². The molecule has 1 aromatic heterocycles. The Bertz CT molecular complexity index is 1240. The van der Waals surface area contributed by atoms with Crippen LogP contribution in [0.4, 0.5) is 11.4 Å². The standard InChI is InChI=1S/C27H28ClN5O3/c28-21-6-4-19(5-7-21)17-31-13-14-32-25-9-8-23(33(35)36)15-20(25)16-24(26(32)18-31)27(34)30-12-10-22-3-1-2-11-29-22/h1-9,11,15,24,26H,10,12-14,16-18H2,(H,30,34)/t24-,26+/m0/s1. The van der Waals surface area contributed by atoms with Crippen LogP contribution >= 0.6 is 11.6 Å². The third-order valence-electron chi connectivity index (χ3n) is 7.05. The van der Waals surface area contributed by atoms with Crippen molar-refractivity contribution in [1.29, 1.82) is 0 Å². The molecule has 2 atom stereocenters. The van der Waals surface area contributed by atoms with E-state index in [0.717, 1.165) is 43.1 Å². The van der Waals surface area contributed by atoms with Crippen LogP contribution in [0.5, 0.6) is 0 Å². The van der Waals surface area contributed by atoms with Crippen molar-refractivity contribution in [3.05, 3.63) is 98.8 Å². The second-order valence-electron chi connectivity index (χ2n) is 9.37. The van der Waals surface area contributed by atoms with Gasteiger partial charge < -0.3 is 10.2 Å². The molecule has 2 aliphatic rings. The van der Waals surface area contributed by atoms with Gasteiger partial charge in [-0.1, -0.05) is 29.8 Å². The van der Waals surface area contributed by atoms with Gasteiger partial charge in [-0.2, -0.15) is 0 Å². The summed E-state index contributed by atoms with van der Waals surface area (Å²) in [5.74, 6) is -0.331. The number of rotatable bonds is 7. The molecule has 36 heavy (non-hydrogen) atoms. The number of amides is 1. The fraction of sp³-hybridized carbons (Fsp3) is 0.333. The molecule has 5 rings (SSSR count). The maximum atomic E-state index is 13.4. The summed E-state index contributed by atoms with van der Waals surface area (Å²) in [4.78, 5) is 33.4. The van der Waals surface area contributed by atoms with Gasteiger partial charge in [0.05, 0.1) is 16.9 Å². The third-order valence-corrected chi connectivity index (χ3v) is 7.31. The van der Waals surface area contributed by atoms with Crippen LogP contribution in [-0.2, 0) is 24.2 Å². The second kappa shape index (κ2) is 10.6. The average molecular weight is 506 g/mol. The van der Waals surface area contributed by atoms with E-state index in [1.807, 2.05) is 48.5 Å². The van der Waals surface area contributed by atoms with E-state index in [4.69, 9.17) is 11.6 Å². The van der Waals surface area contributed by atoms with Gasteiger partial charge in [0.25, 0.3) is 5.69 Å². The van der Waals surface area contributed by atoms with Gasteiger partial charge in [-0.3, -0.25) is 24.8 Å². The zero-order valence-electron chi connectivity index (χ0n) is 19.8. The highest BCUT2D eigenvalue weighted by Crippen LogP contribution is 2.38. The Labute approximate surface area is 215 Å². The maximum Gasteiger partial charge on any atom is 0.269 e. The predicted octanol–water partition coefficient (Wildman–Crippen LogP) is 3.87. The number of nitrogens with zero attached hydrogens (tertiary/aromatic N) is 4. The number of piperazine rings is 1. The van der Waals surface area contributed by atoms with Crippen molar-refractivity contribution in [1.82, 2.24) is 15.2 Å². The lowest BCUT2D eigenvalue weighted by Crippen LogP contribution is -2.61. The SMILES string of the molecule is O=C(NCCc1ccccn1)[C@H]1Cc2cc([N+](=O)[O-])ccc2N2CCN(Cc3ccc(Cl)cc3)C[C@H]12. The van der Waals surface area contributed by atoms with Crippen LogP contribution in [0.1, 0.15) is 16.8 Å². The average Bonchev–Trinajstić information content (AvgIpc) is 2.89. The van der Waals surface area contributed by atoms with Crippen molar-refractivity contribution in [3.8, 4) is 0 Å². The number of pyridine rings is 1. The minimum atomic E-state index is -0.377. The first kappa shape index (κ1) is 24.2. The molecule has 2 aromatic carbocycles. The lowest BCUT2D eigenvalue weighted by Gasteiger charge is -2.49. The second-order valence-corrected chi connectivity index (χ2v) is 9.80. The third kappa shape index (κ3) is 5.34. The van der Waals surface area contributed by atoms with Crippen LogP contribution in [0.25, 0.3) is 0 Å². The highest BCUT2D eigenvalue weighted by molar-refractivity contribution is 6.30. The van der Waals surface area contributed by atoms with Crippen LogP contribution in [0.2, 0.25) is 5.02 Å². The summed E-state index contributed by atoms with van der Waals surface area (Å²) < 4.78 is 0. The number of hydrogen-bond acceptors (Lipinski definition) is 6. The quantitative estimate of drug-likeness (QED) is 0.387. The van der Waals surface area contributed by atoms with E-state index in [9.17, 15) is 14.9 Å². The summed E-state index contributed by atoms with van der Waals surface area (Å²) in [6.07, 6.45) is 2.87. The van der Waals surface area contributed by atoms with Crippen LogP contribution in [-0.4, -0.2) is 52.9 Å². The Morgan fingerprint density at radius 1 is 1.14 bits per heavy atom. The van der Waals surface area contributed by atoms with Crippen molar-refractivity contribution in [2.45, 2.75) is 25.4 Å². The van der Waals surface area contributed by atoms with E-state index < -0.39 is 0 Å².